The highest BCUT2D eigenvalue weighted by Gasteiger charge is 2.20. The Labute approximate surface area is 117 Å². The van der Waals surface area contributed by atoms with Crippen LogP contribution in [0, 0.1) is 6.92 Å². The number of amides is 1. The van der Waals surface area contributed by atoms with Crippen LogP contribution in [0.25, 0.3) is 0 Å². The van der Waals surface area contributed by atoms with Crippen molar-refractivity contribution in [3.63, 3.8) is 0 Å². The number of aryl methyl sites for hydroxylation is 1. The number of hydrogen-bond donors (Lipinski definition) is 4. The molecule has 1 unspecified atom stereocenters. The van der Waals surface area contributed by atoms with E-state index < -0.39 is 17.9 Å². The third-order valence-corrected chi connectivity index (χ3v) is 2.68. The number of carbonyl (C=O) groups excluding carboxylic acids is 1. The van der Waals surface area contributed by atoms with Crippen molar-refractivity contribution >= 4 is 17.6 Å². The smallest absolute Gasteiger partial charge is 0.321 e. The van der Waals surface area contributed by atoms with Gasteiger partial charge >= 0.3 is 5.97 Å². The number of nitrogens with one attached hydrogen (secondary N) is 2. The van der Waals surface area contributed by atoms with Gasteiger partial charge in [-0.25, -0.2) is 0 Å². The fraction of sp³-hybridized carbons (Fsp3) is 0.286. The van der Waals surface area contributed by atoms with Gasteiger partial charge < -0.3 is 20.8 Å². The zero-order valence-corrected chi connectivity index (χ0v) is 11.2. The van der Waals surface area contributed by atoms with Gasteiger partial charge in [-0.15, -0.1) is 6.58 Å². The molecule has 0 bridgehead atoms. The largest absolute Gasteiger partial charge is 0.508 e. The average molecular weight is 278 g/mol. The van der Waals surface area contributed by atoms with Gasteiger partial charge in [0, 0.05) is 12.2 Å². The highest BCUT2D eigenvalue weighted by molar-refractivity contribution is 5.94. The lowest BCUT2D eigenvalue weighted by Gasteiger charge is -2.14. The third-order valence-electron chi connectivity index (χ3n) is 2.68. The van der Waals surface area contributed by atoms with Crippen LogP contribution in [0.2, 0.25) is 0 Å². The van der Waals surface area contributed by atoms with Crippen LogP contribution in [-0.4, -0.2) is 34.7 Å². The molecule has 20 heavy (non-hydrogen) atoms. The van der Waals surface area contributed by atoms with Crippen LogP contribution < -0.4 is 10.6 Å². The van der Waals surface area contributed by atoms with E-state index in [-0.39, 0.29) is 12.2 Å². The van der Waals surface area contributed by atoms with E-state index in [0.717, 1.165) is 0 Å². The monoisotopic (exact) mass is 278 g/mol. The molecular formula is C14H18N2O4. The SMILES string of the molecule is C=CCNC(CC(=O)Nc1ccc(O)cc1C)C(=O)O. The van der Waals surface area contributed by atoms with Crippen molar-refractivity contribution in [3.8, 4) is 5.75 Å². The second kappa shape index (κ2) is 7.30. The zero-order chi connectivity index (χ0) is 15.1. The molecule has 0 aliphatic carbocycles. The van der Waals surface area contributed by atoms with Crippen LogP contribution in [0.1, 0.15) is 12.0 Å². The summed E-state index contributed by atoms with van der Waals surface area (Å²) in [6.07, 6.45) is 1.33. The second-order valence-corrected chi connectivity index (χ2v) is 4.34. The number of carbonyl (C=O) groups is 2. The van der Waals surface area contributed by atoms with Crippen molar-refractivity contribution < 1.29 is 19.8 Å². The minimum absolute atomic E-state index is 0.108. The molecule has 1 amide bonds. The van der Waals surface area contributed by atoms with Gasteiger partial charge in [-0.05, 0) is 30.7 Å². The van der Waals surface area contributed by atoms with Gasteiger partial charge in [0.05, 0.1) is 6.42 Å². The summed E-state index contributed by atoms with van der Waals surface area (Å²) in [7, 11) is 0. The van der Waals surface area contributed by atoms with E-state index in [0.29, 0.717) is 17.8 Å². The number of phenols is 1. The fourth-order valence-corrected chi connectivity index (χ4v) is 1.65. The summed E-state index contributed by atoms with van der Waals surface area (Å²) in [4.78, 5) is 22.8. The maximum Gasteiger partial charge on any atom is 0.321 e. The zero-order valence-electron chi connectivity index (χ0n) is 11.2. The minimum atomic E-state index is -1.09. The molecule has 1 atom stereocenters. The molecule has 6 heteroatoms. The molecule has 0 heterocycles. The summed E-state index contributed by atoms with van der Waals surface area (Å²) in [5, 5.41) is 23.6. The van der Waals surface area contributed by atoms with Gasteiger partial charge in [-0.3, -0.25) is 9.59 Å². The Kier molecular flexibility index (Phi) is 5.74. The van der Waals surface area contributed by atoms with Crippen LogP contribution in [0.4, 0.5) is 5.69 Å². The number of aliphatic carboxylic acids is 1. The Morgan fingerprint density at radius 1 is 1.45 bits per heavy atom. The number of carboxylic acid groups (broad SMARTS) is 1. The van der Waals surface area contributed by atoms with Crippen LogP contribution in [0.3, 0.4) is 0 Å². The molecule has 0 spiro atoms. The molecule has 108 valence electrons. The first-order valence-corrected chi connectivity index (χ1v) is 6.10. The van der Waals surface area contributed by atoms with Crippen molar-refractivity contribution in [1.29, 1.82) is 0 Å². The summed E-state index contributed by atoms with van der Waals surface area (Å²) in [6, 6.07) is 3.56. The minimum Gasteiger partial charge on any atom is -0.508 e. The van der Waals surface area contributed by atoms with Crippen molar-refractivity contribution in [2.75, 3.05) is 11.9 Å². The summed E-state index contributed by atoms with van der Waals surface area (Å²) in [6.45, 7) is 5.52. The van der Waals surface area contributed by atoms with Gasteiger partial charge in [-0.1, -0.05) is 6.08 Å². The van der Waals surface area contributed by atoms with Crippen LogP contribution in [0.15, 0.2) is 30.9 Å². The lowest BCUT2D eigenvalue weighted by atomic mass is 10.1. The van der Waals surface area contributed by atoms with E-state index >= 15 is 0 Å². The maximum absolute atomic E-state index is 11.8. The van der Waals surface area contributed by atoms with E-state index in [4.69, 9.17) is 5.11 Å². The second-order valence-electron chi connectivity index (χ2n) is 4.34. The van der Waals surface area contributed by atoms with Crippen molar-refractivity contribution in [2.24, 2.45) is 0 Å². The van der Waals surface area contributed by atoms with Gasteiger partial charge in [0.15, 0.2) is 0 Å². The maximum atomic E-state index is 11.8. The quantitative estimate of drug-likeness (QED) is 0.444. The summed E-state index contributed by atoms with van der Waals surface area (Å²) < 4.78 is 0. The average Bonchev–Trinajstić information content (AvgIpc) is 2.37. The summed E-state index contributed by atoms with van der Waals surface area (Å²) in [5.74, 6) is -1.40. The third kappa shape index (κ3) is 4.74. The van der Waals surface area contributed by atoms with Crippen molar-refractivity contribution in [1.82, 2.24) is 5.32 Å². The van der Waals surface area contributed by atoms with E-state index in [1.807, 2.05) is 0 Å². The Bertz CT molecular complexity index is 514. The molecular weight excluding hydrogens is 260 g/mol. The molecule has 4 N–H and O–H groups in total. The number of phenolic OH excluding ortho intramolecular Hbond substituents is 1. The predicted molar refractivity (Wildman–Crippen MR) is 75.7 cm³/mol. The van der Waals surface area contributed by atoms with Crippen LogP contribution in [-0.2, 0) is 9.59 Å². The molecule has 0 aliphatic rings. The molecule has 1 aromatic rings. The molecule has 1 aromatic carbocycles. The number of rotatable bonds is 7. The Morgan fingerprint density at radius 2 is 2.15 bits per heavy atom. The molecule has 0 aromatic heterocycles. The molecule has 0 aliphatic heterocycles. The molecule has 0 fully saturated rings. The molecule has 0 radical (unpaired) electrons. The lowest BCUT2D eigenvalue weighted by Crippen LogP contribution is -2.39. The topological polar surface area (TPSA) is 98.7 Å². The standard InChI is InChI=1S/C14H18N2O4/c1-3-6-15-12(14(19)20)8-13(18)16-11-5-4-10(17)7-9(11)2/h3-5,7,12,15,17H,1,6,8H2,2H3,(H,16,18)(H,19,20). The number of carboxylic acids is 1. The van der Waals surface area contributed by atoms with E-state index in [9.17, 15) is 14.7 Å². The van der Waals surface area contributed by atoms with Gasteiger partial charge in [0.2, 0.25) is 5.91 Å². The number of anilines is 1. The van der Waals surface area contributed by atoms with E-state index in [2.05, 4.69) is 17.2 Å². The number of benzene rings is 1. The van der Waals surface area contributed by atoms with Gasteiger partial charge in [-0.2, -0.15) is 0 Å². The van der Waals surface area contributed by atoms with Crippen LogP contribution >= 0.6 is 0 Å². The van der Waals surface area contributed by atoms with Crippen molar-refractivity contribution in [3.05, 3.63) is 36.4 Å². The Morgan fingerprint density at radius 3 is 2.70 bits per heavy atom. The predicted octanol–water partition coefficient (Wildman–Crippen LogP) is 1.26. The molecule has 1 rings (SSSR count). The summed E-state index contributed by atoms with van der Waals surface area (Å²) >= 11 is 0. The van der Waals surface area contributed by atoms with Gasteiger partial charge in [0.25, 0.3) is 0 Å². The van der Waals surface area contributed by atoms with Gasteiger partial charge in [0.1, 0.15) is 11.8 Å². The Hall–Kier alpha value is -2.34. The van der Waals surface area contributed by atoms with Crippen molar-refractivity contribution in [2.45, 2.75) is 19.4 Å². The first kappa shape index (κ1) is 15.7. The molecule has 0 saturated carbocycles. The van der Waals surface area contributed by atoms with E-state index in [1.54, 1.807) is 13.0 Å². The molecule has 6 nitrogen and oxygen atoms in total. The lowest BCUT2D eigenvalue weighted by molar-refractivity contribution is -0.140. The Balaban J connectivity index is 2.65. The first-order valence-electron chi connectivity index (χ1n) is 6.10. The first-order chi connectivity index (χ1) is 9.43. The fourth-order valence-electron chi connectivity index (χ4n) is 1.65. The molecule has 0 saturated heterocycles. The summed E-state index contributed by atoms with van der Waals surface area (Å²) in [5.41, 5.74) is 1.24. The highest BCUT2D eigenvalue weighted by Crippen LogP contribution is 2.20. The number of aromatic hydroxyl groups is 1. The highest BCUT2D eigenvalue weighted by atomic mass is 16.4. The van der Waals surface area contributed by atoms with Crippen LogP contribution in [0.5, 0.6) is 5.75 Å². The number of hydrogen-bond acceptors (Lipinski definition) is 4. The normalized spacial score (nSPS) is 11.7. The van der Waals surface area contributed by atoms with E-state index in [1.165, 1.54) is 18.2 Å².